The van der Waals surface area contributed by atoms with Crippen LogP contribution < -0.4 is 0 Å². The Morgan fingerprint density at radius 2 is 2.21 bits per heavy atom. The molecule has 0 amide bonds. The fraction of sp³-hybridized carbons (Fsp3) is 0.333. The molecule has 0 nitrogen and oxygen atoms in total. The molecule has 0 heterocycles. The molecule has 1 rings (SSSR count). The van der Waals surface area contributed by atoms with E-state index in [4.69, 9.17) is 0 Å². The Balaban J connectivity index is 2.99. The van der Waals surface area contributed by atoms with Gasteiger partial charge in [-0.25, -0.2) is 4.39 Å². The second-order valence-corrected chi connectivity index (χ2v) is 4.12. The van der Waals surface area contributed by atoms with Crippen molar-refractivity contribution >= 4 is 21.5 Å². The van der Waals surface area contributed by atoms with Gasteiger partial charge in [0, 0.05) is 5.33 Å². The molecule has 2 heteroatoms. The summed E-state index contributed by atoms with van der Waals surface area (Å²) in [4.78, 5) is 0. The molecular weight excluding hydrogens is 243 g/mol. The van der Waals surface area contributed by atoms with Gasteiger partial charge in [-0.05, 0) is 49.1 Å². The highest BCUT2D eigenvalue weighted by molar-refractivity contribution is 9.09. The summed E-state index contributed by atoms with van der Waals surface area (Å²) in [5.41, 5.74) is 3.27. The van der Waals surface area contributed by atoms with E-state index in [1.165, 1.54) is 6.07 Å². The fourth-order valence-electron chi connectivity index (χ4n) is 1.40. The Labute approximate surface area is 93.0 Å². The predicted octanol–water partition coefficient (Wildman–Crippen LogP) is 4.32. The van der Waals surface area contributed by atoms with Gasteiger partial charge in [0.2, 0.25) is 0 Å². The van der Waals surface area contributed by atoms with Gasteiger partial charge in [-0.1, -0.05) is 28.1 Å². The van der Waals surface area contributed by atoms with Crippen molar-refractivity contribution in [2.75, 3.05) is 5.33 Å². The van der Waals surface area contributed by atoms with Crippen LogP contribution in [0.5, 0.6) is 0 Å². The van der Waals surface area contributed by atoms with Crippen LogP contribution >= 0.6 is 15.9 Å². The maximum absolute atomic E-state index is 13.0. The molecule has 0 saturated heterocycles. The van der Waals surface area contributed by atoms with Gasteiger partial charge in [-0.2, -0.15) is 0 Å². The molecule has 1 aromatic carbocycles. The Bertz CT molecular complexity index is 342. The number of allylic oxidation sites excluding steroid dienone is 2. The van der Waals surface area contributed by atoms with Gasteiger partial charge in [0.25, 0.3) is 0 Å². The molecular formula is C12H14BrF. The maximum atomic E-state index is 13.0. The highest BCUT2D eigenvalue weighted by atomic mass is 79.9. The molecule has 0 aliphatic rings. The van der Waals surface area contributed by atoms with Crippen LogP contribution in [0.15, 0.2) is 24.3 Å². The minimum Gasteiger partial charge on any atom is -0.207 e. The highest BCUT2D eigenvalue weighted by Gasteiger charge is 2.01. The van der Waals surface area contributed by atoms with E-state index in [1.54, 1.807) is 6.07 Å². The van der Waals surface area contributed by atoms with Crippen LogP contribution in [-0.2, 0) is 0 Å². The molecule has 76 valence electrons. The van der Waals surface area contributed by atoms with Crippen molar-refractivity contribution in [1.82, 2.24) is 0 Å². The van der Waals surface area contributed by atoms with Gasteiger partial charge >= 0.3 is 0 Å². The number of aryl methyl sites for hydroxylation is 1. The monoisotopic (exact) mass is 256 g/mol. The average Bonchev–Trinajstić information content (AvgIpc) is 2.18. The fourth-order valence-corrected chi connectivity index (χ4v) is 1.63. The summed E-state index contributed by atoms with van der Waals surface area (Å²) in [7, 11) is 0. The van der Waals surface area contributed by atoms with Crippen LogP contribution in [0, 0.1) is 12.7 Å². The minimum atomic E-state index is -0.169. The number of hydrogen-bond acceptors (Lipinski definition) is 0. The molecule has 0 bridgehead atoms. The number of benzene rings is 1. The van der Waals surface area contributed by atoms with Crippen LogP contribution in [-0.4, -0.2) is 5.33 Å². The maximum Gasteiger partial charge on any atom is 0.123 e. The molecule has 0 aliphatic heterocycles. The SMILES string of the molecule is CC(=CCCBr)c1cc(F)ccc1C. The lowest BCUT2D eigenvalue weighted by molar-refractivity contribution is 0.627. The van der Waals surface area contributed by atoms with Crippen molar-refractivity contribution in [2.45, 2.75) is 20.3 Å². The molecule has 0 spiro atoms. The smallest absolute Gasteiger partial charge is 0.123 e. The van der Waals surface area contributed by atoms with E-state index in [0.29, 0.717) is 0 Å². The first-order valence-corrected chi connectivity index (χ1v) is 5.76. The topological polar surface area (TPSA) is 0 Å². The first kappa shape index (κ1) is 11.4. The van der Waals surface area contributed by atoms with Crippen LogP contribution in [0.3, 0.4) is 0 Å². The average molecular weight is 257 g/mol. The predicted molar refractivity (Wildman–Crippen MR) is 63.2 cm³/mol. The molecule has 14 heavy (non-hydrogen) atoms. The van der Waals surface area contributed by atoms with E-state index >= 15 is 0 Å². The molecule has 0 atom stereocenters. The summed E-state index contributed by atoms with van der Waals surface area (Å²) in [5, 5.41) is 0.943. The van der Waals surface area contributed by atoms with Crippen molar-refractivity contribution < 1.29 is 4.39 Å². The standard InChI is InChI=1S/C12H14BrF/c1-9(4-3-7-13)12-8-11(14)6-5-10(12)2/h4-6,8H,3,7H2,1-2H3. The normalized spacial score (nSPS) is 11.9. The first-order chi connectivity index (χ1) is 6.65. The van der Waals surface area contributed by atoms with E-state index in [2.05, 4.69) is 22.0 Å². The lowest BCUT2D eigenvalue weighted by atomic mass is 10.0. The van der Waals surface area contributed by atoms with Crippen molar-refractivity contribution in [2.24, 2.45) is 0 Å². The summed E-state index contributed by atoms with van der Waals surface area (Å²) in [6.45, 7) is 4.02. The van der Waals surface area contributed by atoms with Crippen molar-refractivity contribution in [3.63, 3.8) is 0 Å². The summed E-state index contributed by atoms with van der Waals surface area (Å²) in [6.07, 6.45) is 3.10. The van der Waals surface area contributed by atoms with Crippen LogP contribution in [0.2, 0.25) is 0 Å². The quantitative estimate of drug-likeness (QED) is 0.707. The molecule has 0 radical (unpaired) electrons. The van der Waals surface area contributed by atoms with Crippen LogP contribution in [0.4, 0.5) is 4.39 Å². The molecule has 0 fully saturated rings. The van der Waals surface area contributed by atoms with E-state index in [9.17, 15) is 4.39 Å². The zero-order valence-corrected chi connectivity index (χ0v) is 10.1. The zero-order valence-electron chi connectivity index (χ0n) is 8.48. The molecule has 0 aliphatic carbocycles. The van der Waals surface area contributed by atoms with Crippen molar-refractivity contribution in [3.05, 3.63) is 41.2 Å². The Hall–Kier alpha value is -0.630. The van der Waals surface area contributed by atoms with Gasteiger partial charge in [0.05, 0.1) is 0 Å². The van der Waals surface area contributed by atoms with E-state index in [1.807, 2.05) is 19.9 Å². The van der Waals surface area contributed by atoms with Crippen molar-refractivity contribution in [3.8, 4) is 0 Å². The van der Waals surface area contributed by atoms with E-state index < -0.39 is 0 Å². The number of halogens is 2. The van der Waals surface area contributed by atoms with Crippen LogP contribution in [0.25, 0.3) is 5.57 Å². The summed E-state index contributed by atoms with van der Waals surface area (Å²) in [5.74, 6) is -0.169. The second-order valence-electron chi connectivity index (χ2n) is 3.32. The second kappa shape index (κ2) is 5.30. The highest BCUT2D eigenvalue weighted by Crippen LogP contribution is 2.20. The lowest BCUT2D eigenvalue weighted by Gasteiger charge is -2.06. The number of alkyl halides is 1. The number of rotatable bonds is 3. The van der Waals surface area contributed by atoms with Gasteiger partial charge in [0.1, 0.15) is 5.82 Å². The third-order valence-corrected chi connectivity index (χ3v) is 2.64. The van der Waals surface area contributed by atoms with Gasteiger partial charge in [-0.15, -0.1) is 0 Å². The summed E-state index contributed by atoms with van der Waals surface area (Å²) >= 11 is 3.36. The summed E-state index contributed by atoms with van der Waals surface area (Å²) in [6, 6.07) is 4.90. The molecule has 0 aromatic heterocycles. The number of hydrogen-bond donors (Lipinski definition) is 0. The molecule has 0 unspecified atom stereocenters. The summed E-state index contributed by atoms with van der Waals surface area (Å²) < 4.78 is 13.0. The van der Waals surface area contributed by atoms with E-state index in [0.717, 1.165) is 28.5 Å². The zero-order chi connectivity index (χ0) is 10.6. The molecule has 0 N–H and O–H groups in total. The third-order valence-electron chi connectivity index (χ3n) is 2.18. The largest absolute Gasteiger partial charge is 0.207 e. The Morgan fingerprint density at radius 3 is 2.86 bits per heavy atom. The van der Waals surface area contributed by atoms with Gasteiger partial charge in [-0.3, -0.25) is 0 Å². The van der Waals surface area contributed by atoms with Gasteiger partial charge in [0.15, 0.2) is 0 Å². The molecule has 1 aromatic rings. The first-order valence-electron chi connectivity index (χ1n) is 4.64. The van der Waals surface area contributed by atoms with Gasteiger partial charge < -0.3 is 0 Å². The molecule has 0 saturated carbocycles. The lowest BCUT2D eigenvalue weighted by Crippen LogP contribution is -1.88. The van der Waals surface area contributed by atoms with E-state index in [-0.39, 0.29) is 5.82 Å². The van der Waals surface area contributed by atoms with Crippen LogP contribution in [0.1, 0.15) is 24.5 Å². The van der Waals surface area contributed by atoms with Crippen molar-refractivity contribution in [1.29, 1.82) is 0 Å². The third kappa shape index (κ3) is 2.95. The Kier molecular flexibility index (Phi) is 4.33. The Morgan fingerprint density at radius 1 is 1.50 bits per heavy atom. The minimum absolute atomic E-state index is 0.169.